The maximum Gasteiger partial charge on any atom is 0.407 e. The SMILES string of the molecule is CC1CC(NC(=O)OC(C)(C)C)CCN1c1ccc2nnc(-c3ccccc3F)n2n1. The number of anilines is 1. The molecule has 0 spiro atoms. The van der Waals surface area contributed by atoms with Crippen molar-refractivity contribution in [2.24, 2.45) is 0 Å². The van der Waals surface area contributed by atoms with Gasteiger partial charge in [-0.2, -0.15) is 4.52 Å². The van der Waals surface area contributed by atoms with Gasteiger partial charge in [-0.05, 0) is 64.8 Å². The van der Waals surface area contributed by atoms with E-state index < -0.39 is 11.7 Å². The number of hydrogen-bond donors (Lipinski definition) is 1. The molecule has 3 heterocycles. The minimum atomic E-state index is -0.523. The van der Waals surface area contributed by atoms with E-state index in [0.717, 1.165) is 25.2 Å². The number of rotatable bonds is 3. The number of nitrogens with zero attached hydrogens (tertiary/aromatic N) is 5. The van der Waals surface area contributed by atoms with Crippen molar-refractivity contribution in [2.45, 2.75) is 58.2 Å². The van der Waals surface area contributed by atoms with Gasteiger partial charge in [-0.15, -0.1) is 15.3 Å². The average molecular weight is 426 g/mol. The second-order valence-corrected chi connectivity index (χ2v) is 8.87. The first kappa shape index (κ1) is 21.0. The van der Waals surface area contributed by atoms with Gasteiger partial charge in [-0.1, -0.05) is 12.1 Å². The third-order valence-corrected chi connectivity index (χ3v) is 5.25. The van der Waals surface area contributed by atoms with Crippen molar-refractivity contribution < 1.29 is 13.9 Å². The predicted octanol–water partition coefficient (Wildman–Crippen LogP) is 3.81. The van der Waals surface area contributed by atoms with Crippen molar-refractivity contribution in [2.75, 3.05) is 11.4 Å². The van der Waals surface area contributed by atoms with Crippen molar-refractivity contribution in [3.05, 3.63) is 42.2 Å². The molecule has 1 aromatic carbocycles. The van der Waals surface area contributed by atoms with Gasteiger partial charge in [-0.3, -0.25) is 0 Å². The zero-order valence-electron chi connectivity index (χ0n) is 18.2. The van der Waals surface area contributed by atoms with E-state index in [-0.39, 0.29) is 17.9 Å². The number of alkyl carbamates (subject to hydrolysis) is 1. The molecule has 0 radical (unpaired) electrons. The first-order valence-corrected chi connectivity index (χ1v) is 10.4. The maximum absolute atomic E-state index is 14.3. The van der Waals surface area contributed by atoms with Crippen LogP contribution in [0.2, 0.25) is 0 Å². The zero-order valence-corrected chi connectivity index (χ0v) is 18.2. The van der Waals surface area contributed by atoms with Crippen LogP contribution in [-0.2, 0) is 4.74 Å². The predicted molar refractivity (Wildman–Crippen MR) is 115 cm³/mol. The Morgan fingerprint density at radius 2 is 1.97 bits per heavy atom. The summed E-state index contributed by atoms with van der Waals surface area (Å²) in [5.74, 6) is 0.753. The summed E-state index contributed by atoms with van der Waals surface area (Å²) in [5.41, 5.74) is 0.383. The monoisotopic (exact) mass is 426 g/mol. The molecular weight excluding hydrogens is 399 g/mol. The molecular formula is C22H27FN6O2. The van der Waals surface area contributed by atoms with Crippen molar-refractivity contribution in [3.63, 3.8) is 0 Å². The van der Waals surface area contributed by atoms with Crippen LogP contribution in [-0.4, -0.2) is 50.1 Å². The van der Waals surface area contributed by atoms with Gasteiger partial charge in [0.2, 0.25) is 0 Å². The molecule has 3 aromatic rings. The van der Waals surface area contributed by atoms with Crippen LogP contribution in [0.3, 0.4) is 0 Å². The van der Waals surface area contributed by atoms with Gasteiger partial charge in [0.05, 0.1) is 5.56 Å². The van der Waals surface area contributed by atoms with Gasteiger partial charge in [0.15, 0.2) is 11.5 Å². The molecule has 0 aliphatic carbocycles. The minimum absolute atomic E-state index is 0.0359. The number of nitrogens with one attached hydrogen (secondary N) is 1. The number of piperidine rings is 1. The number of carbonyl (C=O) groups is 1. The second kappa shape index (κ2) is 8.13. The van der Waals surface area contributed by atoms with Crippen LogP contribution in [0.5, 0.6) is 0 Å². The van der Waals surface area contributed by atoms with Crippen LogP contribution in [0.1, 0.15) is 40.5 Å². The zero-order chi connectivity index (χ0) is 22.2. The number of ether oxygens (including phenoxy) is 1. The van der Waals surface area contributed by atoms with Crippen LogP contribution in [0.25, 0.3) is 17.0 Å². The van der Waals surface area contributed by atoms with E-state index in [1.807, 2.05) is 32.9 Å². The molecule has 1 amide bonds. The van der Waals surface area contributed by atoms with Gasteiger partial charge < -0.3 is 15.0 Å². The summed E-state index contributed by atoms with van der Waals surface area (Å²) < 4.78 is 21.2. The molecule has 31 heavy (non-hydrogen) atoms. The highest BCUT2D eigenvalue weighted by molar-refractivity contribution is 5.68. The average Bonchev–Trinajstić information content (AvgIpc) is 3.10. The van der Waals surface area contributed by atoms with E-state index in [4.69, 9.17) is 9.84 Å². The smallest absolute Gasteiger partial charge is 0.407 e. The standard InChI is InChI=1S/C22H27FN6O2/c1-14-13-15(24-21(30)31-22(2,3)4)11-12-28(14)19-10-9-18-25-26-20(29(18)27-19)16-7-5-6-8-17(16)23/h5-10,14-15H,11-13H2,1-4H3,(H,24,30). The first-order chi connectivity index (χ1) is 14.7. The number of benzene rings is 1. The summed E-state index contributed by atoms with van der Waals surface area (Å²) in [6, 6.07) is 10.4. The van der Waals surface area contributed by atoms with Crippen molar-refractivity contribution in [3.8, 4) is 11.4 Å². The molecule has 2 atom stereocenters. The number of halogens is 1. The Hall–Kier alpha value is -3.23. The fourth-order valence-electron chi connectivity index (χ4n) is 3.86. The summed E-state index contributed by atoms with van der Waals surface area (Å²) in [6.07, 6.45) is 1.14. The molecule has 9 heteroatoms. The fourth-order valence-corrected chi connectivity index (χ4v) is 3.86. The molecule has 1 N–H and O–H groups in total. The molecule has 1 aliphatic rings. The highest BCUT2D eigenvalue weighted by Gasteiger charge is 2.29. The Balaban J connectivity index is 1.51. The van der Waals surface area contributed by atoms with Gasteiger partial charge in [0.1, 0.15) is 17.2 Å². The van der Waals surface area contributed by atoms with E-state index in [9.17, 15) is 9.18 Å². The van der Waals surface area contributed by atoms with Crippen LogP contribution < -0.4 is 10.2 Å². The Kier molecular flexibility index (Phi) is 5.51. The summed E-state index contributed by atoms with van der Waals surface area (Å²) in [6.45, 7) is 8.36. The van der Waals surface area contributed by atoms with Crippen molar-refractivity contribution >= 4 is 17.6 Å². The minimum Gasteiger partial charge on any atom is -0.444 e. The highest BCUT2D eigenvalue weighted by Crippen LogP contribution is 2.26. The second-order valence-electron chi connectivity index (χ2n) is 8.87. The lowest BCUT2D eigenvalue weighted by atomic mass is 9.98. The molecule has 1 fully saturated rings. The Morgan fingerprint density at radius 3 is 2.68 bits per heavy atom. The molecule has 4 rings (SSSR count). The summed E-state index contributed by atoms with van der Waals surface area (Å²) in [5, 5.41) is 15.9. The summed E-state index contributed by atoms with van der Waals surface area (Å²) >= 11 is 0. The molecule has 0 bridgehead atoms. The lowest BCUT2D eigenvalue weighted by Crippen LogP contribution is -2.50. The van der Waals surface area contributed by atoms with E-state index in [0.29, 0.717) is 17.0 Å². The molecule has 8 nitrogen and oxygen atoms in total. The van der Waals surface area contributed by atoms with E-state index >= 15 is 0 Å². The summed E-state index contributed by atoms with van der Waals surface area (Å²) in [4.78, 5) is 14.3. The molecule has 2 aromatic heterocycles. The Labute approximate surface area is 180 Å². The molecule has 1 aliphatic heterocycles. The molecule has 164 valence electrons. The Bertz CT molecular complexity index is 1090. The van der Waals surface area contributed by atoms with Crippen LogP contribution in [0, 0.1) is 5.82 Å². The van der Waals surface area contributed by atoms with Gasteiger partial charge in [-0.25, -0.2) is 9.18 Å². The maximum atomic E-state index is 14.3. The largest absolute Gasteiger partial charge is 0.444 e. The molecule has 2 unspecified atom stereocenters. The third-order valence-electron chi connectivity index (χ3n) is 5.25. The van der Waals surface area contributed by atoms with E-state index in [2.05, 4.69) is 27.3 Å². The number of carbonyl (C=O) groups excluding carboxylic acids is 1. The quantitative estimate of drug-likeness (QED) is 0.686. The van der Waals surface area contributed by atoms with Crippen LogP contribution in [0.15, 0.2) is 36.4 Å². The topological polar surface area (TPSA) is 84.6 Å². The number of fused-ring (bicyclic) bond motifs is 1. The summed E-state index contributed by atoms with van der Waals surface area (Å²) in [7, 11) is 0. The first-order valence-electron chi connectivity index (χ1n) is 10.4. The van der Waals surface area contributed by atoms with Gasteiger partial charge >= 0.3 is 6.09 Å². The fraction of sp³-hybridized carbons (Fsp3) is 0.455. The van der Waals surface area contributed by atoms with Crippen molar-refractivity contribution in [1.82, 2.24) is 25.1 Å². The lowest BCUT2D eigenvalue weighted by molar-refractivity contribution is 0.0494. The highest BCUT2D eigenvalue weighted by atomic mass is 19.1. The lowest BCUT2D eigenvalue weighted by Gasteiger charge is -2.38. The Morgan fingerprint density at radius 1 is 1.19 bits per heavy atom. The van der Waals surface area contributed by atoms with E-state index in [1.54, 1.807) is 22.7 Å². The third kappa shape index (κ3) is 4.60. The van der Waals surface area contributed by atoms with Gasteiger partial charge in [0.25, 0.3) is 0 Å². The van der Waals surface area contributed by atoms with Crippen LogP contribution >= 0.6 is 0 Å². The molecule has 0 saturated carbocycles. The molecule has 1 saturated heterocycles. The number of hydrogen-bond acceptors (Lipinski definition) is 6. The van der Waals surface area contributed by atoms with E-state index in [1.165, 1.54) is 6.07 Å². The van der Waals surface area contributed by atoms with Crippen LogP contribution in [0.4, 0.5) is 15.0 Å². The number of amides is 1. The van der Waals surface area contributed by atoms with Crippen molar-refractivity contribution in [1.29, 1.82) is 0 Å². The normalized spacial score (nSPS) is 19.5. The number of aromatic nitrogens is 4. The van der Waals surface area contributed by atoms with Gasteiger partial charge in [0, 0.05) is 18.6 Å².